The number of hydrogen-bond donors (Lipinski definition) is 2. The van der Waals surface area contributed by atoms with Crippen LogP contribution in [0, 0.1) is 5.92 Å². The highest BCUT2D eigenvalue weighted by Crippen LogP contribution is 2.27. The van der Waals surface area contributed by atoms with E-state index in [0.717, 1.165) is 19.4 Å². The van der Waals surface area contributed by atoms with Gasteiger partial charge in [0.15, 0.2) is 0 Å². The molecule has 1 amide bonds. The third-order valence-corrected chi connectivity index (χ3v) is 6.75. The molecule has 172 valence electrons. The van der Waals surface area contributed by atoms with E-state index in [2.05, 4.69) is 20.0 Å². The molecule has 1 aliphatic heterocycles. The molecule has 0 saturated carbocycles. The first-order valence-electron chi connectivity index (χ1n) is 10.5. The first kappa shape index (κ1) is 22.5. The van der Waals surface area contributed by atoms with Crippen LogP contribution in [-0.2, 0) is 14.8 Å². The number of carbonyl (C=O) groups is 1. The molecule has 0 aliphatic carbocycles. The second kappa shape index (κ2) is 9.86. The minimum absolute atomic E-state index is 0.0363. The van der Waals surface area contributed by atoms with Crippen molar-refractivity contribution in [3.05, 3.63) is 67.0 Å². The lowest BCUT2D eigenvalue weighted by Crippen LogP contribution is -2.41. The fourth-order valence-corrected chi connectivity index (χ4v) is 4.86. The Hall–Kier alpha value is -3.66. The van der Waals surface area contributed by atoms with Gasteiger partial charge in [-0.2, -0.15) is 0 Å². The number of carbonyl (C=O) groups excluding carboxylic acids is 1. The number of piperidine rings is 1. The van der Waals surface area contributed by atoms with Gasteiger partial charge in [-0.15, -0.1) is 0 Å². The van der Waals surface area contributed by atoms with Crippen molar-refractivity contribution >= 4 is 33.3 Å². The standard InChI is InChI=1S/C23H25N5O4S/c1-32-21-11-3-2-10-20(21)27-33(30,31)19-9-4-8-18(15-19)26-22(29)17-7-5-14-28(16-17)23-24-12-6-13-25-23/h2-4,6,8-13,15,17,27H,5,7,14,16H2,1H3,(H,26,29). The van der Waals surface area contributed by atoms with Crippen LogP contribution >= 0.6 is 0 Å². The first-order valence-corrected chi connectivity index (χ1v) is 12.0. The van der Waals surface area contributed by atoms with Crippen LogP contribution in [-0.4, -0.2) is 44.5 Å². The van der Waals surface area contributed by atoms with Gasteiger partial charge in [0.1, 0.15) is 5.75 Å². The fourth-order valence-electron chi connectivity index (χ4n) is 3.75. The summed E-state index contributed by atoms with van der Waals surface area (Å²) in [7, 11) is -2.41. The molecule has 1 atom stereocenters. The molecule has 2 N–H and O–H groups in total. The Labute approximate surface area is 192 Å². The lowest BCUT2D eigenvalue weighted by Gasteiger charge is -2.31. The van der Waals surface area contributed by atoms with E-state index in [1.54, 1.807) is 54.9 Å². The van der Waals surface area contributed by atoms with Gasteiger partial charge in [-0.25, -0.2) is 18.4 Å². The Morgan fingerprint density at radius 3 is 2.67 bits per heavy atom. The van der Waals surface area contributed by atoms with Crippen LogP contribution in [0.3, 0.4) is 0 Å². The van der Waals surface area contributed by atoms with E-state index in [9.17, 15) is 13.2 Å². The van der Waals surface area contributed by atoms with Crippen molar-refractivity contribution in [2.75, 3.05) is 35.1 Å². The maximum atomic E-state index is 12.9. The third kappa shape index (κ3) is 5.40. The zero-order valence-corrected chi connectivity index (χ0v) is 19.0. The molecule has 1 unspecified atom stereocenters. The molecule has 4 rings (SSSR count). The topological polar surface area (TPSA) is 114 Å². The Morgan fingerprint density at radius 1 is 1.09 bits per heavy atom. The monoisotopic (exact) mass is 467 g/mol. The average Bonchev–Trinajstić information content (AvgIpc) is 2.85. The SMILES string of the molecule is COc1ccccc1NS(=O)(=O)c1cccc(NC(=O)C2CCCN(c3ncccn3)C2)c1. The molecule has 3 aromatic rings. The van der Waals surface area contributed by atoms with Gasteiger partial charge in [0.05, 0.1) is 23.6 Å². The number of nitrogens with one attached hydrogen (secondary N) is 2. The Bertz CT molecular complexity index is 1220. The van der Waals surface area contributed by atoms with Crippen LogP contribution in [0.2, 0.25) is 0 Å². The van der Waals surface area contributed by atoms with Crippen molar-refractivity contribution in [3.8, 4) is 5.75 Å². The van der Waals surface area contributed by atoms with Crippen molar-refractivity contribution in [1.29, 1.82) is 0 Å². The zero-order valence-electron chi connectivity index (χ0n) is 18.1. The maximum Gasteiger partial charge on any atom is 0.262 e. The molecule has 1 aromatic heterocycles. The number of aromatic nitrogens is 2. The number of amides is 1. The predicted octanol–water partition coefficient (Wildman–Crippen LogP) is 3.14. The lowest BCUT2D eigenvalue weighted by atomic mass is 9.97. The summed E-state index contributed by atoms with van der Waals surface area (Å²) in [5, 5.41) is 2.86. The number of ether oxygens (including phenoxy) is 1. The Balaban J connectivity index is 1.46. The van der Waals surface area contributed by atoms with E-state index in [4.69, 9.17) is 4.74 Å². The van der Waals surface area contributed by atoms with Gasteiger partial charge < -0.3 is 15.0 Å². The van der Waals surface area contributed by atoms with Gasteiger partial charge >= 0.3 is 0 Å². The molecule has 9 nitrogen and oxygen atoms in total. The van der Waals surface area contributed by atoms with E-state index < -0.39 is 10.0 Å². The number of methoxy groups -OCH3 is 1. The summed E-state index contributed by atoms with van der Waals surface area (Å²) in [5.74, 6) is 0.595. The Kier molecular flexibility index (Phi) is 6.74. The number of para-hydroxylation sites is 2. The molecule has 2 heterocycles. The van der Waals surface area contributed by atoms with Crippen molar-refractivity contribution < 1.29 is 17.9 Å². The van der Waals surface area contributed by atoms with E-state index in [1.807, 2.05) is 4.90 Å². The first-order chi connectivity index (χ1) is 16.0. The smallest absolute Gasteiger partial charge is 0.262 e. The fraction of sp³-hybridized carbons (Fsp3) is 0.261. The summed E-state index contributed by atoms with van der Waals surface area (Å²) >= 11 is 0. The quantitative estimate of drug-likeness (QED) is 0.549. The van der Waals surface area contributed by atoms with E-state index in [-0.39, 0.29) is 16.7 Å². The predicted molar refractivity (Wildman–Crippen MR) is 126 cm³/mol. The largest absolute Gasteiger partial charge is 0.495 e. The molecule has 1 aliphatic rings. The summed E-state index contributed by atoms with van der Waals surface area (Å²) < 4.78 is 33.6. The molecule has 0 spiro atoms. The summed E-state index contributed by atoms with van der Waals surface area (Å²) in [6.07, 6.45) is 4.93. The molecule has 0 radical (unpaired) electrons. The van der Waals surface area contributed by atoms with Crippen LogP contribution < -0.4 is 19.7 Å². The Morgan fingerprint density at radius 2 is 1.88 bits per heavy atom. The van der Waals surface area contributed by atoms with Crippen LogP contribution in [0.5, 0.6) is 5.75 Å². The number of hydrogen-bond acceptors (Lipinski definition) is 7. The van der Waals surface area contributed by atoms with Crippen molar-refractivity contribution in [2.45, 2.75) is 17.7 Å². The molecule has 33 heavy (non-hydrogen) atoms. The molecular weight excluding hydrogens is 442 g/mol. The van der Waals surface area contributed by atoms with Gasteiger partial charge in [0.2, 0.25) is 11.9 Å². The van der Waals surface area contributed by atoms with Crippen LogP contribution in [0.15, 0.2) is 71.9 Å². The van der Waals surface area contributed by atoms with Crippen LogP contribution in [0.25, 0.3) is 0 Å². The second-order valence-electron chi connectivity index (χ2n) is 7.66. The molecule has 1 fully saturated rings. The zero-order chi connectivity index (χ0) is 23.3. The van der Waals surface area contributed by atoms with Gasteiger partial charge in [0.25, 0.3) is 10.0 Å². The maximum absolute atomic E-state index is 12.9. The molecule has 2 aromatic carbocycles. The van der Waals surface area contributed by atoms with Crippen LogP contribution in [0.1, 0.15) is 12.8 Å². The number of nitrogens with zero attached hydrogens (tertiary/aromatic N) is 3. The molecule has 0 bridgehead atoms. The summed E-state index contributed by atoms with van der Waals surface area (Å²) in [4.78, 5) is 23.5. The summed E-state index contributed by atoms with van der Waals surface area (Å²) in [5.41, 5.74) is 0.746. The number of benzene rings is 2. The van der Waals surface area contributed by atoms with Crippen molar-refractivity contribution in [2.24, 2.45) is 5.92 Å². The summed E-state index contributed by atoms with van der Waals surface area (Å²) in [6.45, 7) is 1.29. The second-order valence-corrected chi connectivity index (χ2v) is 9.34. The average molecular weight is 468 g/mol. The summed E-state index contributed by atoms with van der Waals surface area (Å²) in [6, 6.07) is 14.7. The van der Waals surface area contributed by atoms with Gasteiger partial charge in [0, 0.05) is 31.2 Å². The van der Waals surface area contributed by atoms with Gasteiger partial charge in [-0.05, 0) is 49.2 Å². The number of rotatable bonds is 7. The minimum atomic E-state index is -3.88. The van der Waals surface area contributed by atoms with Crippen molar-refractivity contribution in [3.63, 3.8) is 0 Å². The highest BCUT2D eigenvalue weighted by Gasteiger charge is 2.27. The lowest BCUT2D eigenvalue weighted by molar-refractivity contribution is -0.120. The number of sulfonamides is 1. The van der Waals surface area contributed by atoms with Crippen LogP contribution in [0.4, 0.5) is 17.3 Å². The van der Waals surface area contributed by atoms with E-state index in [0.29, 0.717) is 29.6 Å². The third-order valence-electron chi connectivity index (χ3n) is 5.39. The van der Waals surface area contributed by atoms with Crippen molar-refractivity contribution in [1.82, 2.24) is 9.97 Å². The van der Waals surface area contributed by atoms with E-state index in [1.165, 1.54) is 19.2 Å². The highest BCUT2D eigenvalue weighted by molar-refractivity contribution is 7.92. The highest BCUT2D eigenvalue weighted by atomic mass is 32.2. The normalized spacial score (nSPS) is 16.2. The molecular formula is C23H25N5O4S. The van der Waals surface area contributed by atoms with Gasteiger partial charge in [-0.3, -0.25) is 9.52 Å². The molecule has 10 heteroatoms. The van der Waals surface area contributed by atoms with E-state index >= 15 is 0 Å². The van der Waals surface area contributed by atoms with Gasteiger partial charge in [-0.1, -0.05) is 18.2 Å². The number of anilines is 3. The minimum Gasteiger partial charge on any atom is -0.495 e. The molecule has 1 saturated heterocycles.